The lowest BCUT2D eigenvalue weighted by molar-refractivity contribution is 0.311. The molecule has 2 nitrogen and oxygen atoms in total. The van der Waals surface area contributed by atoms with E-state index in [2.05, 4.69) is 17.7 Å². The van der Waals surface area contributed by atoms with Crippen LogP contribution in [0, 0.1) is 0 Å². The van der Waals surface area contributed by atoms with E-state index < -0.39 is 0 Å². The number of hydrogen-bond donors (Lipinski definition) is 2. The lowest BCUT2D eigenvalue weighted by Crippen LogP contribution is -1.72. The lowest BCUT2D eigenvalue weighted by Gasteiger charge is -1.69. The minimum atomic E-state index is 1.42. The quantitative estimate of drug-likeness (QED) is 0.467. The van der Waals surface area contributed by atoms with E-state index in [4.69, 9.17) is 5.21 Å². The highest BCUT2D eigenvalue weighted by molar-refractivity contribution is 7.99. The fourth-order valence-corrected chi connectivity index (χ4v) is 1.53. The Balaban J connectivity index is 0.000000162. The van der Waals surface area contributed by atoms with Gasteiger partial charge in [0.05, 0.1) is 0 Å². The molecule has 3 N–H and O–H groups in total. The van der Waals surface area contributed by atoms with Gasteiger partial charge in [0.2, 0.25) is 0 Å². The second-order valence-corrected chi connectivity index (χ2v) is 2.54. The molecule has 0 aliphatic carbocycles. The van der Waals surface area contributed by atoms with Crippen molar-refractivity contribution in [1.82, 2.24) is 0 Å². The van der Waals surface area contributed by atoms with Gasteiger partial charge in [0.25, 0.3) is 0 Å². The Morgan fingerprint density at radius 1 is 1.14 bits per heavy atom. The van der Waals surface area contributed by atoms with Gasteiger partial charge in [0.15, 0.2) is 0 Å². The first-order chi connectivity index (χ1) is 3.50. The molecule has 7 heavy (non-hydrogen) atoms. The third-order valence-electron chi connectivity index (χ3n) is 0.827. The predicted molar refractivity (Wildman–Crippen MR) is 32.5 cm³/mol. The van der Waals surface area contributed by atoms with E-state index in [0.29, 0.717) is 0 Å². The van der Waals surface area contributed by atoms with Crippen molar-refractivity contribution in [3.8, 4) is 0 Å². The molecule has 1 saturated heterocycles. The number of thioether (sulfide) groups is 1. The summed E-state index contributed by atoms with van der Waals surface area (Å²) in [5.74, 6) is 6.33. The van der Waals surface area contributed by atoms with Crippen molar-refractivity contribution < 1.29 is 5.21 Å². The number of nitrogens with two attached hydrogens (primary N) is 1. The molecular formula is C4H11NOS. The maximum atomic E-state index is 6.50. The smallest absolute Gasteiger partial charge is 0.00672 e. The van der Waals surface area contributed by atoms with Gasteiger partial charge in [-0.2, -0.15) is 11.8 Å². The van der Waals surface area contributed by atoms with Crippen LogP contribution in [0.5, 0.6) is 0 Å². The van der Waals surface area contributed by atoms with Crippen molar-refractivity contribution >= 4 is 11.8 Å². The second-order valence-electron chi connectivity index (χ2n) is 1.32. The van der Waals surface area contributed by atoms with Crippen molar-refractivity contribution in [1.29, 1.82) is 0 Å². The molecule has 0 aromatic heterocycles. The summed E-state index contributed by atoms with van der Waals surface area (Å²) < 4.78 is 0. The molecule has 1 aliphatic heterocycles. The summed E-state index contributed by atoms with van der Waals surface area (Å²) in [7, 11) is 0. The molecule has 1 aliphatic rings. The van der Waals surface area contributed by atoms with Crippen LogP contribution in [0.25, 0.3) is 0 Å². The lowest BCUT2D eigenvalue weighted by atomic mass is 10.4. The monoisotopic (exact) mass is 121 g/mol. The Morgan fingerprint density at radius 2 is 1.57 bits per heavy atom. The van der Waals surface area contributed by atoms with Crippen molar-refractivity contribution in [2.45, 2.75) is 12.8 Å². The Kier molecular flexibility index (Phi) is 6.51. The largest absolute Gasteiger partial charge is 0.320 e. The minimum absolute atomic E-state index is 1.42. The van der Waals surface area contributed by atoms with Gasteiger partial charge in [0, 0.05) is 0 Å². The molecule has 1 rings (SSSR count). The molecule has 0 aromatic rings. The second kappa shape index (κ2) is 6.27. The van der Waals surface area contributed by atoms with Crippen LogP contribution < -0.4 is 5.90 Å². The van der Waals surface area contributed by atoms with Gasteiger partial charge in [-0.3, -0.25) is 0 Å². The predicted octanol–water partition coefficient (Wildman–Crippen LogP) is 0.848. The highest BCUT2D eigenvalue weighted by atomic mass is 32.2. The highest BCUT2D eigenvalue weighted by Crippen LogP contribution is 2.14. The van der Waals surface area contributed by atoms with Gasteiger partial charge in [-0.05, 0) is 24.3 Å². The molecule has 1 heterocycles. The van der Waals surface area contributed by atoms with Crippen LogP contribution in [0.4, 0.5) is 0 Å². The Hall–Kier alpha value is 0.270. The Morgan fingerprint density at radius 3 is 1.71 bits per heavy atom. The molecule has 1 fully saturated rings. The third-order valence-corrected chi connectivity index (χ3v) is 1.98. The van der Waals surface area contributed by atoms with Gasteiger partial charge in [-0.15, -0.1) is 0 Å². The number of hydrogen-bond acceptors (Lipinski definition) is 3. The van der Waals surface area contributed by atoms with Crippen molar-refractivity contribution in [2.75, 3.05) is 11.5 Å². The van der Waals surface area contributed by atoms with Gasteiger partial charge in [0.1, 0.15) is 0 Å². The van der Waals surface area contributed by atoms with E-state index >= 15 is 0 Å². The summed E-state index contributed by atoms with van der Waals surface area (Å²) in [6.45, 7) is 0. The van der Waals surface area contributed by atoms with Crippen LogP contribution in [0.1, 0.15) is 12.8 Å². The van der Waals surface area contributed by atoms with Crippen molar-refractivity contribution in [3.05, 3.63) is 0 Å². The minimum Gasteiger partial charge on any atom is -0.320 e. The molecule has 3 heteroatoms. The zero-order chi connectivity index (χ0) is 5.54. The molecule has 0 radical (unpaired) electrons. The van der Waals surface area contributed by atoms with Gasteiger partial charge in [-0.1, -0.05) is 0 Å². The van der Waals surface area contributed by atoms with Crippen molar-refractivity contribution in [3.63, 3.8) is 0 Å². The summed E-state index contributed by atoms with van der Waals surface area (Å²) in [5, 5.41) is 6.50. The van der Waals surface area contributed by atoms with Crippen LogP contribution in [0.15, 0.2) is 0 Å². The van der Waals surface area contributed by atoms with E-state index in [1.807, 2.05) is 0 Å². The van der Waals surface area contributed by atoms with Crippen molar-refractivity contribution in [2.24, 2.45) is 5.90 Å². The molecule has 0 amide bonds. The summed E-state index contributed by atoms with van der Waals surface area (Å²) >= 11 is 2.07. The molecule has 0 unspecified atom stereocenters. The molecule has 0 atom stereocenters. The van der Waals surface area contributed by atoms with Crippen LogP contribution >= 0.6 is 11.8 Å². The van der Waals surface area contributed by atoms with Crippen LogP contribution in [-0.2, 0) is 0 Å². The van der Waals surface area contributed by atoms with Crippen LogP contribution in [-0.4, -0.2) is 16.7 Å². The van der Waals surface area contributed by atoms with E-state index in [9.17, 15) is 0 Å². The SMILES string of the molecule is C1CCSC1.NO. The van der Waals surface area contributed by atoms with Gasteiger partial charge in [-0.25, -0.2) is 5.90 Å². The Labute approximate surface area is 48.0 Å². The summed E-state index contributed by atoms with van der Waals surface area (Å²) in [5.41, 5.74) is 0. The molecule has 0 aromatic carbocycles. The van der Waals surface area contributed by atoms with E-state index in [1.54, 1.807) is 0 Å². The topological polar surface area (TPSA) is 46.2 Å². The molecule has 44 valence electrons. The zero-order valence-corrected chi connectivity index (χ0v) is 5.08. The Bertz CT molecular complexity index is 23.3. The summed E-state index contributed by atoms with van der Waals surface area (Å²) in [4.78, 5) is 0. The molecular weight excluding hydrogens is 110 g/mol. The molecule has 0 saturated carbocycles. The summed E-state index contributed by atoms with van der Waals surface area (Å²) in [6.07, 6.45) is 2.93. The first kappa shape index (κ1) is 7.27. The molecule has 0 bridgehead atoms. The standard InChI is InChI=1S/C4H8S.H3NO/c1-2-4-5-3-1;1-2/h1-4H2;2H,1H2. The van der Waals surface area contributed by atoms with Gasteiger partial charge >= 0.3 is 0 Å². The summed E-state index contributed by atoms with van der Waals surface area (Å²) in [6, 6.07) is 0. The maximum absolute atomic E-state index is 6.50. The third kappa shape index (κ3) is 4.12. The van der Waals surface area contributed by atoms with E-state index in [-0.39, 0.29) is 0 Å². The first-order valence-corrected chi connectivity index (χ1v) is 3.49. The highest BCUT2D eigenvalue weighted by Gasteiger charge is 1.95. The maximum Gasteiger partial charge on any atom is -0.00672 e. The number of rotatable bonds is 0. The fraction of sp³-hybridized carbons (Fsp3) is 1.00. The van der Waals surface area contributed by atoms with Gasteiger partial charge < -0.3 is 5.21 Å². The average Bonchev–Trinajstić information content (AvgIpc) is 2.23. The van der Waals surface area contributed by atoms with Crippen LogP contribution in [0.3, 0.4) is 0 Å². The normalized spacial score (nSPS) is 18.0. The van der Waals surface area contributed by atoms with E-state index in [1.165, 1.54) is 24.3 Å². The zero-order valence-electron chi connectivity index (χ0n) is 4.26. The van der Waals surface area contributed by atoms with E-state index in [0.717, 1.165) is 0 Å². The fourth-order valence-electron chi connectivity index (χ4n) is 0.510. The molecule has 0 spiro atoms. The van der Waals surface area contributed by atoms with Crippen LogP contribution in [0.2, 0.25) is 0 Å². The first-order valence-electron chi connectivity index (χ1n) is 2.34. The average molecular weight is 121 g/mol.